The van der Waals surface area contributed by atoms with Crippen molar-refractivity contribution >= 4 is 23.6 Å². The molecule has 10 nitrogen and oxygen atoms in total. The van der Waals surface area contributed by atoms with E-state index in [-0.39, 0.29) is 37.2 Å². The fourth-order valence-corrected chi connectivity index (χ4v) is 4.92. The van der Waals surface area contributed by atoms with Gasteiger partial charge in [-0.2, -0.15) is 0 Å². The number of amides is 3. The first-order chi connectivity index (χ1) is 19.2. The highest BCUT2D eigenvalue weighted by molar-refractivity contribution is 5.95. The van der Waals surface area contributed by atoms with Crippen molar-refractivity contribution in [2.75, 3.05) is 31.7 Å². The van der Waals surface area contributed by atoms with Gasteiger partial charge in [0.25, 0.3) is 0 Å². The molecular weight excluding hydrogens is 526 g/mol. The van der Waals surface area contributed by atoms with Gasteiger partial charge in [0.2, 0.25) is 11.8 Å². The van der Waals surface area contributed by atoms with Crippen molar-refractivity contribution in [3.05, 3.63) is 24.3 Å². The van der Waals surface area contributed by atoms with Gasteiger partial charge in [0, 0.05) is 26.0 Å². The molecule has 4 atom stereocenters. The van der Waals surface area contributed by atoms with Crippen LogP contribution in [0.25, 0.3) is 0 Å². The predicted molar refractivity (Wildman–Crippen MR) is 159 cm³/mol. The average molecular weight is 578 g/mol. The number of carbonyl (C=O) groups excluding carboxylic acids is 3. The maximum atomic E-state index is 13.7. The maximum Gasteiger partial charge on any atom is 0.407 e. The number of ether oxygens (including phenoxy) is 3. The van der Waals surface area contributed by atoms with Gasteiger partial charge in [-0.3, -0.25) is 9.59 Å². The summed E-state index contributed by atoms with van der Waals surface area (Å²) in [5.74, 6) is -0.0734. The van der Waals surface area contributed by atoms with Crippen molar-refractivity contribution in [1.29, 1.82) is 0 Å². The Bertz CT molecular complexity index is 1010. The molecule has 0 aromatic heterocycles. The monoisotopic (exact) mass is 577 g/mol. The Morgan fingerprint density at radius 1 is 1.17 bits per heavy atom. The number of methoxy groups -OCH3 is 1. The van der Waals surface area contributed by atoms with E-state index in [1.54, 1.807) is 39.7 Å². The molecule has 0 bridgehead atoms. The van der Waals surface area contributed by atoms with Crippen molar-refractivity contribution in [3.8, 4) is 5.75 Å². The summed E-state index contributed by atoms with van der Waals surface area (Å²) in [5.41, 5.74) is -0.638. The zero-order chi connectivity index (χ0) is 30.8. The van der Waals surface area contributed by atoms with Crippen LogP contribution in [0.3, 0.4) is 0 Å². The number of benzene rings is 1. The highest BCUT2D eigenvalue weighted by Gasteiger charge is 2.36. The molecule has 3 amide bonds. The molecule has 1 heterocycles. The van der Waals surface area contributed by atoms with E-state index in [9.17, 15) is 19.5 Å². The standard InChI is InChI=1S/C31H51N3O7/c1-9-10-15-32-28(37)21(2)16-25(35)23(33-29(38)41-30(3,4)5)17-31(6,7)18-27(36)34-19-22(20-39-8)40-26-14-12-11-13-24(26)34/h11-14,21-23,25,35H,9-10,15-20H2,1-8H3,(H,32,37)(H,33,38)/t21-,22?,23+,25+/m1/s1. The second-order valence-corrected chi connectivity index (χ2v) is 12.8. The summed E-state index contributed by atoms with van der Waals surface area (Å²) in [4.78, 5) is 40.7. The van der Waals surface area contributed by atoms with Crippen LogP contribution in [0.4, 0.5) is 10.5 Å². The fraction of sp³-hybridized carbons (Fsp3) is 0.710. The molecular formula is C31H51N3O7. The third kappa shape index (κ3) is 11.5. The smallest absolute Gasteiger partial charge is 0.407 e. The van der Waals surface area contributed by atoms with E-state index < -0.39 is 35.2 Å². The predicted octanol–water partition coefficient (Wildman–Crippen LogP) is 4.43. The summed E-state index contributed by atoms with van der Waals surface area (Å²) in [6.07, 6.45) is 0.465. The van der Waals surface area contributed by atoms with Crippen LogP contribution < -0.4 is 20.3 Å². The van der Waals surface area contributed by atoms with Gasteiger partial charge in [-0.25, -0.2) is 4.79 Å². The van der Waals surface area contributed by atoms with Crippen LogP contribution in [0.5, 0.6) is 5.75 Å². The normalized spacial score (nSPS) is 17.5. The lowest BCUT2D eigenvalue weighted by Gasteiger charge is -2.38. The Morgan fingerprint density at radius 2 is 1.85 bits per heavy atom. The third-order valence-corrected chi connectivity index (χ3v) is 6.93. The second kappa shape index (κ2) is 15.4. The topological polar surface area (TPSA) is 126 Å². The van der Waals surface area contributed by atoms with Gasteiger partial charge in [-0.05, 0) is 57.6 Å². The molecule has 1 aliphatic heterocycles. The quantitative estimate of drug-likeness (QED) is 0.279. The molecule has 1 aromatic carbocycles. The van der Waals surface area contributed by atoms with Crippen LogP contribution in [0.1, 0.15) is 80.6 Å². The number of carbonyl (C=O) groups is 3. The highest BCUT2D eigenvalue weighted by atomic mass is 16.6. The summed E-state index contributed by atoms with van der Waals surface area (Å²) in [5, 5.41) is 17.0. The number of nitrogens with one attached hydrogen (secondary N) is 2. The SMILES string of the molecule is CCCCNC(=O)[C@H](C)C[C@H](O)[C@H](CC(C)(C)CC(=O)N1CC(COC)Oc2ccccc21)NC(=O)OC(C)(C)C. The van der Waals surface area contributed by atoms with E-state index in [0.717, 1.165) is 12.8 Å². The number of unbranched alkanes of at least 4 members (excludes halogenated alkanes) is 1. The molecule has 10 heteroatoms. The third-order valence-electron chi connectivity index (χ3n) is 6.93. The molecule has 0 spiro atoms. The van der Waals surface area contributed by atoms with Gasteiger partial charge < -0.3 is 34.9 Å². The van der Waals surface area contributed by atoms with Gasteiger partial charge in [-0.15, -0.1) is 0 Å². The van der Waals surface area contributed by atoms with Gasteiger partial charge >= 0.3 is 6.09 Å². The van der Waals surface area contributed by atoms with E-state index in [1.165, 1.54) is 0 Å². The van der Waals surface area contributed by atoms with E-state index in [0.29, 0.717) is 31.1 Å². The summed E-state index contributed by atoms with van der Waals surface area (Å²) in [6, 6.07) is 6.67. The average Bonchev–Trinajstić information content (AvgIpc) is 2.86. The number of rotatable bonds is 14. The molecule has 0 radical (unpaired) electrons. The molecule has 41 heavy (non-hydrogen) atoms. The fourth-order valence-electron chi connectivity index (χ4n) is 4.92. The number of anilines is 1. The van der Waals surface area contributed by atoms with E-state index in [4.69, 9.17) is 14.2 Å². The Labute approximate surface area is 245 Å². The number of para-hydroxylation sites is 2. The number of alkyl carbamates (subject to hydrolysis) is 1. The Kier molecular flexibility index (Phi) is 12.9. The summed E-state index contributed by atoms with van der Waals surface area (Å²) < 4.78 is 16.7. The molecule has 0 saturated heterocycles. The van der Waals surface area contributed by atoms with Crippen LogP contribution in [0, 0.1) is 11.3 Å². The van der Waals surface area contributed by atoms with Crippen molar-refractivity contribution in [2.24, 2.45) is 11.3 Å². The maximum absolute atomic E-state index is 13.7. The first-order valence-electron chi connectivity index (χ1n) is 14.7. The van der Waals surface area contributed by atoms with Crippen molar-refractivity contribution in [2.45, 2.75) is 104 Å². The van der Waals surface area contributed by atoms with E-state index in [2.05, 4.69) is 17.6 Å². The van der Waals surface area contributed by atoms with Gasteiger partial charge in [-0.1, -0.05) is 46.2 Å². The molecule has 0 aliphatic carbocycles. The van der Waals surface area contributed by atoms with Crippen LogP contribution >= 0.6 is 0 Å². The number of aliphatic hydroxyl groups excluding tert-OH is 1. The van der Waals surface area contributed by atoms with E-state index in [1.807, 2.05) is 38.1 Å². The Morgan fingerprint density at radius 3 is 2.49 bits per heavy atom. The zero-order valence-electron chi connectivity index (χ0n) is 26.1. The van der Waals surface area contributed by atoms with Crippen molar-refractivity contribution < 1.29 is 33.7 Å². The second-order valence-electron chi connectivity index (χ2n) is 12.8. The molecule has 3 N–H and O–H groups in total. The largest absolute Gasteiger partial charge is 0.484 e. The lowest BCUT2D eigenvalue weighted by atomic mass is 9.79. The van der Waals surface area contributed by atoms with Crippen LogP contribution in [-0.4, -0.2) is 73.7 Å². The summed E-state index contributed by atoms with van der Waals surface area (Å²) in [7, 11) is 1.60. The number of hydrogen-bond donors (Lipinski definition) is 3. The Balaban J connectivity index is 2.18. The molecule has 1 aromatic rings. The molecule has 0 fully saturated rings. The zero-order valence-corrected chi connectivity index (χ0v) is 26.1. The lowest BCUT2D eigenvalue weighted by Crippen LogP contribution is -2.50. The highest BCUT2D eigenvalue weighted by Crippen LogP contribution is 2.36. The first kappa shape index (κ1) is 34.4. The van der Waals surface area contributed by atoms with Crippen LogP contribution in [-0.2, 0) is 19.1 Å². The Hall–Kier alpha value is -2.85. The van der Waals surface area contributed by atoms with Crippen LogP contribution in [0.2, 0.25) is 0 Å². The first-order valence-corrected chi connectivity index (χ1v) is 14.7. The summed E-state index contributed by atoms with van der Waals surface area (Å²) in [6.45, 7) is 14.3. The lowest BCUT2D eigenvalue weighted by molar-refractivity contribution is -0.125. The minimum Gasteiger partial charge on any atom is -0.484 e. The van der Waals surface area contributed by atoms with Gasteiger partial charge in [0.15, 0.2) is 0 Å². The molecule has 2 rings (SSSR count). The van der Waals surface area contributed by atoms with E-state index >= 15 is 0 Å². The number of nitrogens with zero attached hydrogens (tertiary/aromatic N) is 1. The van der Waals surface area contributed by atoms with Gasteiger partial charge in [0.1, 0.15) is 17.5 Å². The van der Waals surface area contributed by atoms with Crippen molar-refractivity contribution in [1.82, 2.24) is 10.6 Å². The molecule has 1 unspecified atom stereocenters. The minimum atomic E-state index is -1.03. The van der Waals surface area contributed by atoms with Crippen LogP contribution in [0.15, 0.2) is 24.3 Å². The molecule has 1 aliphatic rings. The van der Waals surface area contributed by atoms with Gasteiger partial charge in [0.05, 0.1) is 31.0 Å². The minimum absolute atomic E-state index is 0.0963. The number of fused-ring (bicyclic) bond motifs is 1. The summed E-state index contributed by atoms with van der Waals surface area (Å²) >= 11 is 0. The van der Waals surface area contributed by atoms with Crippen molar-refractivity contribution in [3.63, 3.8) is 0 Å². The number of hydrogen-bond acceptors (Lipinski definition) is 7. The molecule has 0 saturated carbocycles. The number of aliphatic hydroxyl groups is 1. The molecule has 232 valence electrons.